The minimum atomic E-state index is -3.71. The second kappa shape index (κ2) is 6.23. The van der Waals surface area contributed by atoms with Gasteiger partial charge in [-0.05, 0) is 29.8 Å². The van der Waals surface area contributed by atoms with Gasteiger partial charge in [0, 0.05) is 36.1 Å². The van der Waals surface area contributed by atoms with Crippen molar-refractivity contribution in [3.8, 4) is 17.5 Å². The number of primary sulfonamides is 1. The standard InChI is InChI=1S/C16H13N5O2S/c17-11-21-10-14(16(20-21)13-5-7-19-8-6-13)9-12-1-3-15(4-2-12)24(18,22)23/h1-8,10H,9H2,(H2,18,22,23). The van der Waals surface area contributed by atoms with Crippen molar-refractivity contribution in [3.63, 3.8) is 0 Å². The lowest BCUT2D eigenvalue weighted by molar-refractivity contribution is 0.598. The normalized spacial score (nSPS) is 11.2. The van der Waals surface area contributed by atoms with E-state index in [0.29, 0.717) is 12.1 Å². The average Bonchev–Trinajstić information content (AvgIpc) is 2.98. The monoisotopic (exact) mass is 339 g/mol. The van der Waals surface area contributed by atoms with Crippen LogP contribution in [0.25, 0.3) is 11.3 Å². The molecule has 24 heavy (non-hydrogen) atoms. The van der Waals surface area contributed by atoms with Gasteiger partial charge in [0.1, 0.15) is 0 Å². The Morgan fingerprint density at radius 3 is 2.38 bits per heavy atom. The number of nitriles is 1. The van der Waals surface area contributed by atoms with Crippen molar-refractivity contribution in [1.29, 1.82) is 5.26 Å². The maximum absolute atomic E-state index is 11.3. The molecule has 0 spiro atoms. The number of aromatic nitrogens is 3. The Morgan fingerprint density at radius 2 is 1.79 bits per heavy atom. The van der Waals surface area contributed by atoms with E-state index in [1.807, 2.05) is 18.3 Å². The van der Waals surface area contributed by atoms with Crippen LogP contribution in [0.1, 0.15) is 11.1 Å². The highest BCUT2D eigenvalue weighted by molar-refractivity contribution is 7.89. The van der Waals surface area contributed by atoms with Gasteiger partial charge in [-0.1, -0.05) is 12.1 Å². The molecule has 0 fully saturated rings. The largest absolute Gasteiger partial charge is 0.265 e. The van der Waals surface area contributed by atoms with Crippen LogP contribution in [0, 0.1) is 11.5 Å². The summed E-state index contributed by atoms with van der Waals surface area (Å²) in [6, 6.07) is 9.95. The van der Waals surface area contributed by atoms with Crippen molar-refractivity contribution < 1.29 is 8.42 Å². The van der Waals surface area contributed by atoms with Crippen LogP contribution in [0.5, 0.6) is 0 Å². The molecular weight excluding hydrogens is 326 g/mol. The lowest BCUT2D eigenvalue weighted by Crippen LogP contribution is -2.11. The number of sulfonamides is 1. The van der Waals surface area contributed by atoms with Gasteiger partial charge in [-0.2, -0.15) is 15.0 Å². The van der Waals surface area contributed by atoms with Crippen LogP contribution >= 0.6 is 0 Å². The highest BCUT2D eigenvalue weighted by Crippen LogP contribution is 2.24. The average molecular weight is 339 g/mol. The first-order valence-electron chi connectivity index (χ1n) is 6.98. The maximum atomic E-state index is 11.3. The second-order valence-electron chi connectivity index (χ2n) is 5.15. The molecule has 0 radical (unpaired) electrons. The summed E-state index contributed by atoms with van der Waals surface area (Å²) in [4.78, 5) is 4.04. The van der Waals surface area contributed by atoms with Crippen LogP contribution in [0.15, 0.2) is 59.9 Å². The van der Waals surface area contributed by atoms with Crippen molar-refractivity contribution in [2.75, 3.05) is 0 Å². The number of nitrogens with zero attached hydrogens (tertiary/aromatic N) is 4. The molecule has 0 atom stereocenters. The molecule has 0 saturated heterocycles. The number of pyridine rings is 1. The zero-order chi connectivity index (χ0) is 17.2. The molecule has 3 rings (SSSR count). The minimum Gasteiger partial charge on any atom is -0.265 e. The molecule has 120 valence electrons. The summed E-state index contributed by atoms with van der Waals surface area (Å²) in [5, 5.41) is 18.4. The van der Waals surface area contributed by atoms with Crippen molar-refractivity contribution >= 4 is 10.0 Å². The molecular formula is C16H13N5O2S. The predicted octanol–water partition coefficient (Wildman–Crippen LogP) is 1.51. The van der Waals surface area contributed by atoms with E-state index in [-0.39, 0.29) is 4.90 Å². The number of hydrogen-bond donors (Lipinski definition) is 1. The quantitative estimate of drug-likeness (QED) is 0.773. The van der Waals surface area contributed by atoms with Crippen LogP contribution in [0.4, 0.5) is 0 Å². The third-order valence-electron chi connectivity index (χ3n) is 3.49. The lowest BCUT2D eigenvalue weighted by atomic mass is 10.0. The van der Waals surface area contributed by atoms with Gasteiger partial charge in [0.05, 0.1) is 10.6 Å². The van der Waals surface area contributed by atoms with E-state index >= 15 is 0 Å². The highest BCUT2D eigenvalue weighted by Gasteiger charge is 2.13. The molecule has 0 aliphatic carbocycles. The minimum absolute atomic E-state index is 0.0633. The molecule has 0 aliphatic heterocycles. The van der Waals surface area contributed by atoms with E-state index in [0.717, 1.165) is 16.7 Å². The van der Waals surface area contributed by atoms with Crippen molar-refractivity contribution in [2.24, 2.45) is 5.14 Å². The summed E-state index contributed by atoms with van der Waals surface area (Å²) in [6.45, 7) is 0. The molecule has 0 saturated carbocycles. The van der Waals surface area contributed by atoms with E-state index in [2.05, 4.69) is 10.1 Å². The summed E-state index contributed by atoms with van der Waals surface area (Å²) in [6.07, 6.45) is 7.44. The summed E-state index contributed by atoms with van der Waals surface area (Å²) in [5.74, 6) is 0. The van der Waals surface area contributed by atoms with Gasteiger partial charge in [-0.25, -0.2) is 13.6 Å². The Hall–Kier alpha value is -3.02. The molecule has 0 bridgehead atoms. The lowest BCUT2D eigenvalue weighted by Gasteiger charge is -2.04. The Bertz CT molecular complexity index is 1000. The molecule has 3 aromatic rings. The molecule has 2 aromatic heterocycles. The number of benzene rings is 1. The topological polar surface area (TPSA) is 115 Å². The Morgan fingerprint density at radius 1 is 1.12 bits per heavy atom. The number of rotatable bonds is 4. The van der Waals surface area contributed by atoms with Crippen LogP contribution in [0.3, 0.4) is 0 Å². The summed E-state index contributed by atoms with van der Waals surface area (Å²) < 4.78 is 23.8. The van der Waals surface area contributed by atoms with Gasteiger partial charge in [-0.15, -0.1) is 0 Å². The van der Waals surface area contributed by atoms with Crippen molar-refractivity contribution in [3.05, 3.63) is 66.1 Å². The Kier molecular flexibility index (Phi) is 4.12. The van der Waals surface area contributed by atoms with E-state index < -0.39 is 10.0 Å². The fourth-order valence-corrected chi connectivity index (χ4v) is 2.88. The van der Waals surface area contributed by atoms with Gasteiger partial charge >= 0.3 is 0 Å². The smallest absolute Gasteiger partial charge is 0.238 e. The van der Waals surface area contributed by atoms with E-state index in [9.17, 15) is 8.42 Å². The first-order valence-corrected chi connectivity index (χ1v) is 8.53. The Labute approximate surface area is 139 Å². The van der Waals surface area contributed by atoms with Crippen LogP contribution in [-0.2, 0) is 16.4 Å². The van der Waals surface area contributed by atoms with E-state index in [1.165, 1.54) is 16.8 Å². The summed E-state index contributed by atoms with van der Waals surface area (Å²) in [7, 11) is -3.71. The van der Waals surface area contributed by atoms with Gasteiger partial charge in [0.2, 0.25) is 16.2 Å². The highest BCUT2D eigenvalue weighted by atomic mass is 32.2. The Balaban J connectivity index is 1.96. The zero-order valence-corrected chi connectivity index (χ0v) is 13.3. The molecule has 1 aromatic carbocycles. The SMILES string of the molecule is N#Cn1cc(Cc2ccc(S(N)(=O)=O)cc2)c(-c2ccncc2)n1. The predicted molar refractivity (Wildman–Crippen MR) is 87.1 cm³/mol. The fourth-order valence-electron chi connectivity index (χ4n) is 2.36. The molecule has 0 amide bonds. The first-order chi connectivity index (χ1) is 11.5. The molecule has 0 aliphatic rings. The molecule has 2 N–H and O–H groups in total. The third kappa shape index (κ3) is 3.32. The van der Waals surface area contributed by atoms with Gasteiger partial charge in [0.25, 0.3) is 0 Å². The summed E-state index contributed by atoms with van der Waals surface area (Å²) >= 11 is 0. The van der Waals surface area contributed by atoms with Crippen molar-refractivity contribution in [2.45, 2.75) is 11.3 Å². The van der Waals surface area contributed by atoms with E-state index in [1.54, 1.807) is 30.7 Å². The summed E-state index contributed by atoms with van der Waals surface area (Å²) in [5.41, 5.74) is 3.28. The molecule has 8 heteroatoms. The van der Waals surface area contributed by atoms with Gasteiger partial charge < -0.3 is 0 Å². The third-order valence-corrected chi connectivity index (χ3v) is 4.42. The molecule has 0 unspecified atom stereocenters. The van der Waals surface area contributed by atoms with Crippen LogP contribution < -0.4 is 5.14 Å². The zero-order valence-electron chi connectivity index (χ0n) is 12.5. The van der Waals surface area contributed by atoms with Crippen LogP contribution in [0.2, 0.25) is 0 Å². The molecule has 2 heterocycles. The van der Waals surface area contributed by atoms with Crippen LogP contribution in [-0.4, -0.2) is 23.2 Å². The second-order valence-corrected chi connectivity index (χ2v) is 6.71. The van der Waals surface area contributed by atoms with Gasteiger partial charge in [-0.3, -0.25) is 4.98 Å². The van der Waals surface area contributed by atoms with Gasteiger partial charge in [0.15, 0.2) is 0 Å². The number of nitrogens with two attached hydrogens (primary N) is 1. The van der Waals surface area contributed by atoms with E-state index in [4.69, 9.17) is 10.4 Å². The number of hydrogen-bond acceptors (Lipinski definition) is 5. The fraction of sp³-hybridized carbons (Fsp3) is 0.0625. The van der Waals surface area contributed by atoms with Crippen molar-refractivity contribution in [1.82, 2.24) is 14.8 Å². The molecule has 7 nitrogen and oxygen atoms in total. The maximum Gasteiger partial charge on any atom is 0.238 e. The first kappa shape index (κ1) is 15.9.